The average Bonchev–Trinajstić information content (AvgIpc) is 2.19. The van der Waals surface area contributed by atoms with E-state index in [1.54, 1.807) is 18.9 Å². The predicted molar refractivity (Wildman–Crippen MR) is 58.5 cm³/mol. The van der Waals surface area contributed by atoms with E-state index < -0.39 is 0 Å². The number of aryl methyl sites for hydroxylation is 1. The topological polar surface area (TPSA) is 33.0 Å². The molecule has 3 heteroatoms. The van der Waals surface area contributed by atoms with Gasteiger partial charge in [-0.1, -0.05) is 6.07 Å². The fraction of sp³-hybridized carbons (Fsp3) is 0.364. The number of rotatable bonds is 4. The highest BCUT2D eigenvalue weighted by Gasteiger charge is 2.02. The molecule has 1 rings (SSSR count). The summed E-state index contributed by atoms with van der Waals surface area (Å²) in [7, 11) is 1.68. The van der Waals surface area contributed by atoms with E-state index in [0.717, 1.165) is 16.2 Å². The second kappa shape index (κ2) is 5.69. The molecule has 0 aliphatic heterocycles. The molecule has 0 aliphatic carbocycles. The van der Waals surface area contributed by atoms with Gasteiger partial charge in [-0.3, -0.25) is 0 Å². The van der Waals surface area contributed by atoms with Gasteiger partial charge < -0.3 is 4.74 Å². The third-order valence-corrected chi connectivity index (χ3v) is 2.82. The first-order valence-electron chi connectivity index (χ1n) is 4.40. The average molecular weight is 207 g/mol. The highest BCUT2D eigenvalue weighted by atomic mass is 32.2. The van der Waals surface area contributed by atoms with E-state index in [9.17, 15) is 0 Å². The van der Waals surface area contributed by atoms with Gasteiger partial charge >= 0.3 is 0 Å². The summed E-state index contributed by atoms with van der Waals surface area (Å²) in [5.41, 5.74) is 1.93. The van der Waals surface area contributed by atoms with Crippen LogP contribution in [-0.4, -0.2) is 19.5 Å². The van der Waals surface area contributed by atoms with Gasteiger partial charge in [0.15, 0.2) is 0 Å². The number of thioether (sulfide) groups is 1. The van der Waals surface area contributed by atoms with Crippen molar-refractivity contribution in [2.75, 3.05) is 19.5 Å². The first-order chi connectivity index (χ1) is 6.77. The summed E-state index contributed by atoms with van der Waals surface area (Å²) >= 11 is 1.66. The van der Waals surface area contributed by atoms with Gasteiger partial charge in [0.25, 0.3) is 0 Å². The summed E-state index contributed by atoms with van der Waals surface area (Å²) in [4.78, 5) is 1.05. The van der Waals surface area contributed by atoms with Crippen molar-refractivity contribution in [3.63, 3.8) is 0 Å². The van der Waals surface area contributed by atoms with E-state index in [1.165, 1.54) is 5.56 Å². The van der Waals surface area contributed by atoms with Crippen LogP contribution in [0.2, 0.25) is 0 Å². The molecule has 0 atom stereocenters. The van der Waals surface area contributed by atoms with Gasteiger partial charge in [0.2, 0.25) is 0 Å². The van der Waals surface area contributed by atoms with E-state index in [1.807, 2.05) is 25.1 Å². The van der Waals surface area contributed by atoms with Crippen LogP contribution in [0, 0.1) is 18.3 Å². The number of benzene rings is 1. The molecule has 0 bridgehead atoms. The molecule has 0 amide bonds. The largest absolute Gasteiger partial charge is 0.384 e. The summed E-state index contributed by atoms with van der Waals surface area (Å²) < 4.78 is 4.96. The molecule has 0 saturated carbocycles. The highest BCUT2D eigenvalue weighted by molar-refractivity contribution is 7.99. The predicted octanol–water partition coefficient (Wildman–Crippen LogP) is 2.61. The van der Waals surface area contributed by atoms with Gasteiger partial charge in [-0.15, -0.1) is 11.8 Å². The standard InChI is InChI=1S/C11H13NOS/c1-9-3-4-10(8-12)11(7-9)14-6-5-13-2/h3-4,7H,5-6H2,1-2H3. The number of hydrogen-bond donors (Lipinski definition) is 0. The van der Waals surface area contributed by atoms with E-state index in [-0.39, 0.29) is 0 Å². The molecule has 0 spiro atoms. The fourth-order valence-corrected chi connectivity index (χ4v) is 2.08. The molecule has 0 aliphatic rings. The van der Waals surface area contributed by atoms with Gasteiger partial charge in [0, 0.05) is 17.8 Å². The first-order valence-corrected chi connectivity index (χ1v) is 5.39. The van der Waals surface area contributed by atoms with E-state index in [0.29, 0.717) is 6.61 Å². The van der Waals surface area contributed by atoms with Crippen molar-refractivity contribution in [3.8, 4) is 6.07 Å². The summed E-state index contributed by atoms with van der Waals surface area (Å²) in [5.74, 6) is 0.884. The van der Waals surface area contributed by atoms with Crippen molar-refractivity contribution in [1.82, 2.24) is 0 Å². The number of ether oxygens (including phenoxy) is 1. The third kappa shape index (κ3) is 3.06. The second-order valence-electron chi connectivity index (χ2n) is 2.95. The van der Waals surface area contributed by atoms with Crippen LogP contribution in [0.5, 0.6) is 0 Å². The Morgan fingerprint density at radius 3 is 2.93 bits per heavy atom. The minimum atomic E-state index is 0.712. The lowest BCUT2D eigenvalue weighted by molar-refractivity contribution is 0.218. The van der Waals surface area contributed by atoms with Crippen LogP contribution in [0.3, 0.4) is 0 Å². The molecule has 74 valence electrons. The Morgan fingerprint density at radius 1 is 1.50 bits per heavy atom. The van der Waals surface area contributed by atoms with Crippen LogP contribution in [0.4, 0.5) is 0 Å². The first kappa shape index (κ1) is 11.1. The van der Waals surface area contributed by atoms with Crippen LogP contribution in [0.25, 0.3) is 0 Å². The Kier molecular flexibility index (Phi) is 4.51. The summed E-state index contributed by atoms with van der Waals surface area (Å²) in [6.45, 7) is 2.74. The lowest BCUT2D eigenvalue weighted by Crippen LogP contribution is -1.92. The molecule has 0 fully saturated rings. The van der Waals surface area contributed by atoms with Crippen LogP contribution in [0.15, 0.2) is 23.1 Å². The summed E-state index contributed by atoms with van der Waals surface area (Å²) in [5, 5.41) is 8.87. The molecule has 0 unspecified atom stereocenters. The minimum absolute atomic E-state index is 0.712. The van der Waals surface area contributed by atoms with Crippen molar-refractivity contribution in [1.29, 1.82) is 5.26 Å². The minimum Gasteiger partial charge on any atom is -0.384 e. The Labute approximate surface area is 88.9 Å². The monoisotopic (exact) mass is 207 g/mol. The molecular formula is C11H13NOS. The zero-order valence-electron chi connectivity index (χ0n) is 8.41. The molecule has 0 saturated heterocycles. The maximum absolute atomic E-state index is 8.87. The quantitative estimate of drug-likeness (QED) is 0.562. The molecule has 0 N–H and O–H groups in total. The molecule has 2 nitrogen and oxygen atoms in total. The molecule has 0 aromatic heterocycles. The van der Waals surface area contributed by atoms with Gasteiger partial charge in [-0.25, -0.2) is 0 Å². The van der Waals surface area contributed by atoms with Gasteiger partial charge in [0.1, 0.15) is 6.07 Å². The van der Waals surface area contributed by atoms with Crippen LogP contribution in [-0.2, 0) is 4.74 Å². The Morgan fingerprint density at radius 2 is 2.29 bits per heavy atom. The second-order valence-corrected chi connectivity index (χ2v) is 4.09. The maximum atomic E-state index is 8.87. The number of methoxy groups -OCH3 is 1. The lowest BCUT2D eigenvalue weighted by atomic mass is 10.2. The maximum Gasteiger partial charge on any atom is 0.100 e. The van der Waals surface area contributed by atoms with Gasteiger partial charge in [0.05, 0.1) is 12.2 Å². The SMILES string of the molecule is COCCSc1cc(C)ccc1C#N. The fourth-order valence-electron chi connectivity index (χ4n) is 1.08. The normalized spacial score (nSPS) is 9.79. The number of nitriles is 1. The Bertz CT molecular complexity index is 344. The van der Waals surface area contributed by atoms with Crippen LogP contribution in [0.1, 0.15) is 11.1 Å². The van der Waals surface area contributed by atoms with Crippen molar-refractivity contribution < 1.29 is 4.74 Å². The molecule has 1 aromatic rings. The Balaban J connectivity index is 2.73. The van der Waals surface area contributed by atoms with E-state index in [4.69, 9.17) is 10.00 Å². The lowest BCUT2D eigenvalue weighted by Gasteiger charge is -2.04. The zero-order valence-corrected chi connectivity index (χ0v) is 9.23. The van der Waals surface area contributed by atoms with Crippen LogP contribution >= 0.6 is 11.8 Å². The van der Waals surface area contributed by atoms with Crippen molar-refractivity contribution >= 4 is 11.8 Å². The van der Waals surface area contributed by atoms with E-state index in [2.05, 4.69) is 6.07 Å². The van der Waals surface area contributed by atoms with Crippen LogP contribution < -0.4 is 0 Å². The van der Waals surface area contributed by atoms with Crippen molar-refractivity contribution in [2.24, 2.45) is 0 Å². The molecule has 0 radical (unpaired) electrons. The number of hydrogen-bond acceptors (Lipinski definition) is 3. The van der Waals surface area contributed by atoms with E-state index >= 15 is 0 Å². The highest BCUT2D eigenvalue weighted by Crippen LogP contribution is 2.23. The molecular weight excluding hydrogens is 194 g/mol. The zero-order chi connectivity index (χ0) is 10.4. The van der Waals surface area contributed by atoms with Crippen molar-refractivity contribution in [2.45, 2.75) is 11.8 Å². The van der Waals surface area contributed by atoms with Gasteiger partial charge in [-0.2, -0.15) is 5.26 Å². The Hall–Kier alpha value is -0.980. The third-order valence-electron chi connectivity index (χ3n) is 1.80. The van der Waals surface area contributed by atoms with Gasteiger partial charge in [-0.05, 0) is 24.6 Å². The van der Waals surface area contributed by atoms with Crippen molar-refractivity contribution in [3.05, 3.63) is 29.3 Å². The molecule has 0 heterocycles. The summed E-state index contributed by atoms with van der Waals surface area (Å²) in [6, 6.07) is 8.05. The number of nitrogens with zero attached hydrogens (tertiary/aromatic N) is 1. The summed E-state index contributed by atoms with van der Waals surface area (Å²) in [6.07, 6.45) is 0. The molecule has 14 heavy (non-hydrogen) atoms. The molecule has 1 aromatic carbocycles. The smallest absolute Gasteiger partial charge is 0.100 e.